The molecule has 6 heteroatoms. The molecule has 0 bridgehead atoms. The summed E-state index contributed by atoms with van der Waals surface area (Å²) in [6.45, 7) is 0. The van der Waals surface area contributed by atoms with Crippen LogP contribution in [0.3, 0.4) is 0 Å². The number of amides is 1. The number of anilines is 2. The molecular formula is C13H9BrF2N2O. The molecule has 0 spiro atoms. The van der Waals surface area contributed by atoms with Crippen molar-refractivity contribution < 1.29 is 13.6 Å². The molecule has 0 atom stereocenters. The van der Waals surface area contributed by atoms with Crippen LogP contribution in [0, 0.1) is 11.6 Å². The number of nitrogen functional groups attached to an aromatic ring is 1. The van der Waals surface area contributed by atoms with E-state index in [-0.39, 0.29) is 5.56 Å². The zero-order valence-corrected chi connectivity index (χ0v) is 11.2. The van der Waals surface area contributed by atoms with Crippen molar-refractivity contribution >= 4 is 33.2 Å². The van der Waals surface area contributed by atoms with E-state index >= 15 is 0 Å². The van der Waals surface area contributed by atoms with Crippen molar-refractivity contribution in [2.75, 3.05) is 11.1 Å². The maximum absolute atomic E-state index is 13.4. The Labute approximate surface area is 116 Å². The molecule has 98 valence electrons. The maximum atomic E-state index is 13.4. The van der Waals surface area contributed by atoms with Gasteiger partial charge in [-0.2, -0.15) is 0 Å². The van der Waals surface area contributed by atoms with Gasteiger partial charge in [0.1, 0.15) is 11.6 Å². The molecule has 0 saturated heterocycles. The van der Waals surface area contributed by atoms with Gasteiger partial charge in [0.05, 0.1) is 5.56 Å². The van der Waals surface area contributed by atoms with Crippen LogP contribution in [-0.4, -0.2) is 5.91 Å². The van der Waals surface area contributed by atoms with E-state index in [0.717, 1.165) is 18.2 Å². The summed E-state index contributed by atoms with van der Waals surface area (Å²) >= 11 is 3.21. The van der Waals surface area contributed by atoms with Crippen molar-refractivity contribution in [3.63, 3.8) is 0 Å². The second kappa shape index (κ2) is 5.36. The first-order valence-electron chi connectivity index (χ1n) is 5.29. The number of benzene rings is 2. The van der Waals surface area contributed by atoms with E-state index in [9.17, 15) is 13.6 Å². The van der Waals surface area contributed by atoms with Crippen molar-refractivity contribution in [3.8, 4) is 0 Å². The summed E-state index contributed by atoms with van der Waals surface area (Å²) in [6, 6.07) is 7.44. The largest absolute Gasteiger partial charge is 0.398 e. The first kappa shape index (κ1) is 13.5. The molecule has 0 unspecified atom stereocenters. The fraction of sp³-hybridized carbons (Fsp3) is 0. The molecule has 0 aromatic heterocycles. The molecule has 0 aliphatic rings. The van der Waals surface area contributed by atoms with Crippen molar-refractivity contribution in [1.82, 2.24) is 0 Å². The highest BCUT2D eigenvalue weighted by molar-refractivity contribution is 9.10. The number of rotatable bonds is 2. The van der Waals surface area contributed by atoms with Gasteiger partial charge in [0, 0.05) is 15.8 Å². The lowest BCUT2D eigenvalue weighted by molar-refractivity contribution is 0.102. The van der Waals surface area contributed by atoms with Crippen LogP contribution in [0.5, 0.6) is 0 Å². The number of nitrogens with two attached hydrogens (primary N) is 1. The van der Waals surface area contributed by atoms with Gasteiger partial charge in [-0.05, 0) is 52.3 Å². The highest BCUT2D eigenvalue weighted by Gasteiger charge is 2.13. The Morgan fingerprint density at radius 1 is 1.16 bits per heavy atom. The molecule has 19 heavy (non-hydrogen) atoms. The summed E-state index contributed by atoms with van der Waals surface area (Å²) < 4.78 is 27.1. The third-order valence-electron chi connectivity index (χ3n) is 2.43. The van der Waals surface area contributed by atoms with Crippen LogP contribution in [0.2, 0.25) is 0 Å². The second-order valence-corrected chi connectivity index (χ2v) is 4.67. The third kappa shape index (κ3) is 3.08. The van der Waals surface area contributed by atoms with Gasteiger partial charge in [0.2, 0.25) is 0 Å². The Morgan fingerprint density at radius 3 is 2.58 bits per heavy atom. The SMILES string of the molecule is Nc1cc(NC(=O)c2cc(F)ccc2F)ccc1Br. The second-order valence-electron chi connectivity index (χ2n) is 3.81. The summed E-state index contributed by atoms with van der Waals surface area (Å²) in [5.41, 5.74) is 6.12. The number of nitrogens with one attached hydrogen (secondary N) is 1. The van der Waals surface area contributed by atoms with Gasteiger partial charge in [-0.3, -0.25) is 4.79 Å². The average molecular weight is 327 g/mol. The van der Waals surface area contributed by atoms with Gasteiger partial charge in [-0.1, -0.05) is 0 Å². The quantitative estimate of drug-likeness (QED) is 0.829. The van der Waals surface area contributed by atoms with E-state index in [4.69, 9.17) is 5.73 Å². The molecule has 0 saturated carbocycles. The number of hydrogen-bond donors (Lipinski definition) is 2. The minimum Gasteiger partial charge on any atom is -0.398 e. The first-order valence-corrected chi connectivity index (χ1v) is 6.08. The van der Waals surface area contributed by atoms with Crippen LogP contribution in [0.1, 0.15) is 10.4 Å². The van der Waals surface area contributed by atoms with Crippen LogP contribution >= 0.6 is 15.9 Å². The topological polar surface area (TPSA) is 55.1 Å². The van der Waals surface area contributed by atoms with Crippen LogP contribution in [0.25, 0.3) is 0 Å². The molecule has 2 aromatic rings. The molecule has 0 aliphatic heterocycles. The van der Waals surface area contributed by atoms with Crippen LogP contribution in [-0.2, 0) is 0 Å². The van der Waals surface area contributed by atoms with Gasteiger partial charge in [0.15, 0.2) is 0 Å². The van der Waals surface area contributed by atoms with Crippen LogP contribution < -0.4 is 11.1 Å². The van der Waals surface area contributed by atoms with Crippen LogP contribution in [0.15, 0.2) is 40.9 Å². The predicted molar refractivity (Wildman–Crippen MR) is 72.9 cm³/mol. The number of hydrogen-bond acceptors (Lipinski definition) is 2. The lowest BCUT2D eigenvalue weighted by Crippen LogP contribution is -2.14. The van der Waals surface area contributed by atoms with Crippen LogP contribution in [0.4, 0.5) is 20.2 Å². The zero-order chi connectivity index (χ0) is 14.0. The smallest absolute Gasteiger partial charge is 0.258 e. The average Bonchev–Trinajstić information content (AvgIpc) is 2.36. The molecule has 2 aromatic carbocycles. The van der Waals surface area contributed by atoms with Crippen molar-refractivity contribution in [2.45, 2.75) is 0 Å². The summed E-state index contributed by atoms with van der Waals surface area (Å²) in [6.07, 6.45) is 0. The normalized spacial score (nSPS) is 10.3. The van der Waals surface area contributed by atoms with E-state index < -0.39 is 17.5 Å². The molecule has 0 fully saturated rings. The minimum absolute atomic E-state index is 0.360. The molecule has 0 radical (unpaired) electrons. The van der Waals surface area contributed by atoms with E-state index in [1.165, 1.54) is 6.07 Å². The van der Waals surface area contributed by atoms with E-state index in [0.29, 0.717) is 15.8 Å². The van der Waals surface area contributed by atoms with Gasteiger partial charge >= 0.3 is 0 Å². The Hall–Kier alpha value is -1.95. The van der Waals surface area contributed by atoms with E-state index in [2.05, 4.69) is 21.2 Å². The monoisotopic (exact) mass is 326 g/mol. The van der Waals surface area contributed by atoms with Gasteiger partial charge in [-0.25, -0.2) is 8.78 Å². The summed E-state index contributed by atoms with van der Waals surface area (Å²) in [4.78, 5) is 11.8. The van der Waals surface area contributed by atoms with Gasteiger partial charge in [-0.15, -0.1) is 0 Å². The lowest BCUT2D eigenvalue weighted by Gasteiger charge is -2.07. The Balaban J connectivity index is 2.25. The summed E-state index contributed by atoms with van der Waals surface area (Å²) in [5.74, 6) is -2.20. The molecule has 3 nitrogen and oxygen atoms in total. The molecular weight excluding hydrogens is 318 g/mol. The fourth-order valence-electron chi connectivity index (χ4n) is 1.49. The first-order chi connectivity index (χ1) is 8.97. The third-order valence-corrected chi connectivity index (χ3v) is 3.15. The van der Waals surface area contributed by atoms with Crippen molar-refractivity contribution in [3.05, 3.63) is 58.1 Å². The number of halogens is 3. The zero-order valence-electron chi connectivity index (χ0n) is 9.58. The number of carbonyl (C=O) groups excluding carboxylic acids is 1. The highest BCUT2D eigenvalue weighted by atomic mass is 79.9. The summed E-state index contributed by atoms with van der Waals surface area (Å²) in [7, 11) is 0. The van der Waals surface area contributed by atoms with E-state index in [1.54, 1.807) is 12.1 Å². The Bertz CT molecular complexity index is 647. The molecule has 1 amide bonds. The van der Waals surface area contributed by atoms with Crippen molar-refractivity contribution in [1.29, 1.82) is 0 Å². The molecule has 0 heterocycles. The Kier molecular flexibility index (Phi) is 3.80. The van der Waals surface area contributed by atoms with Gasteiger partial charge < -0.3 is 11.1 Å². The van der Waals surface area contributed by atoms with Crippen molar-refractivity contribution in [2.24, 2.45) is 0 Å². The van der Waals surface area contributed by atoms with Gasteiger partial charge in [0.25, 0.3) is 5.91 Å². The number of carbonyl (C=O) groups is 1. The summed E-state index contributed by atoms with van der Waals surface area (Å²) in [5, 5.41) is 2.45. The molecule has 2 rings (SSSR count). The molecule has 3 N–H and O–H groups in total. The minimum atomic E-state index is -0.788. The maximum Gasteiger partial charge on any atom is 0.258 e. The highest BCUT2D eigenvalue weighted by Crippen LogP contribution is 2.23. The fourth-order valence-corrected chi connectivity index (χ4v) is 1.74. The standard InChI is InChI=1S/C13H9BrF2N2O/c14-10-3-2-8(6-12(10)17)18-13(19)9-5-7(15)1-4-11(9)16/h1-6H,17H2,(H,18,19). The Morgan fingerprint density at radius 2 is 1.89 bits per heavy atom. The lowest BCUT2D eigenvalue weighted by atomic mass is 10.2. The predicted octanol–water partition coefficient (Wildman–Crippen LogP) is 3.56. The molecule has 0 aliphatic carbocycles. The van der Waals surface area contributed by atoms with E-state index in [1.807, 2.05) is 0 Å².